The average molecular weight is 973 g/mol. The van der Waals surface area contributed by atoms with E-state index in [-0.39, 0.29) is 28.5 Å². The molecule has 3 aromatic heterocycles. The quantitative estimate of drug-likeness (QED) is 0.161. The standard InChI is InChI=1S/C69H57BN2OS/c1-66(2,3)40-26-27-54-47(31-40)60-61-43-23-13-15-24-57(43)73-65(61)62-48-32-44-45-33-51-52(68(6,7)29-28-67(51,4)5)35-49(45)69(8,9)50(44)36-55(48)72(41-21-17-20-39(30-41)38-18-11-10-12-19-38)70-53-34-46-42-22-14-16-25-58(42)74-59(46)37-56(53)71(54)64(60)63(62)70/h10-27,30-37H,28-29H2,1-9H3. The molecule has 16 rings (SSSR count). The second-order valence-corrected chi connectivity index (χ2v) is 26.2. The van der Waals surface area contributed by atoms with Crippen molar-refractivity contribution in [3.05, 3.63) is 186 Å². The van der Waals surface area contributed by atoms with Crippen LogP contribution in [-0.4, -0.2) is 11.4 Å². The number of anilines is 2. The highest BCUT2D eigenvalue weighted by Crippen LogP contribution is 2.59. The first-order valence-corrected chi connectivity index (χ1v) is 27.6. The summed E-state index contributed by atoms with van der Waals surface area (Å²) in [5.74, 6) is 0. The van der Waals surface area contributed by atoms with Crippen LogP contribution in [0.15, 0.2) is 162 Å². The van der Waals surface area contributed by atoms with Crippen molar-refractivity contribution in [2.24, 2.45) is 0 Å². The van der Waals surface area contributed by atoms with Gasteiger partial charge >= 0.3 is 6.85 Å². The van der Waals surface area contributed by atoms with Gasteiger partial charge in [0.05, 0.1) is 11.0 Å². The number of nitrogens with zero attached hydrogens (tertiary/aromatic N) is 2. The van der Waals surface area contributed by atoms with Gasteiger partial charge in [0.1, 0.15) is 11.2 Å². The number of furan rings is 1. The summed E-state index contributed by atoms with van der Waals surface area (Å²) < 4.78 is 12.8. The van der Waals surface area contributed by atoms with Crippen LogP contribution in [0, 0.1) is 0 Å². The number of hydrogen-bond donors (Lipinski definition) is 0. The predicted molar refractivity (Wildman–Crippen MR) is 317 cm³/mol. The Hall–Kier alpha value is -7.34. The largest absolute Gasteiger partial charge is 0.455 e. The minimum atomic E-state index is -0.244. The second-order valence-electron chi connectivity index (χ2n) is 25.1. The van der Waals surface area contributed by atoms with Gasteiger partial charge in [-0.3, -0.25) is 0 Å². The van der Waals surface area contributed by atoms with Crippen LogP contribution in [0.2, 0.25) is 0 Å². The Labute approximate surface area is 437 Å². The first kappa shape index (κ1) is 43.1. The summed E-state index contributed by atoms with van der Waals surface area (Å²) in [6.45, 7) is 21.7. The van der Waals surface area contributed by atoms with Crippen molar-refractivity contribution in [3.63, 3.8) is 0 Å². The molecule has 0 atom stereocenters. The number of aromatic nitrogens is 1. The van der Waals surface area contributed by atoms with Crippen LogP contribution in [0.4, 0.5) is 11.4 Å². The molecular formula is C69H57BN2OS. The number of rotatable bonds is 2. The molecule has 0 saturated heterocycles. The Morgan fingerprint density at radius 1 is 0.541 bits per heavy atom. The Morgan fingerprint density at radius 2 is 1.24 bits per heavy atom. The van der Waals surface area contributed by atoms with Crippen molar-refractivity contribution in [1.29, 1.82) is 0 Å². The smallest absolute Gasteiger partial charge is 0.333 e. The lowest BCUT2D eigenvalue weighted by Crippen LogP contribution is -2.60. The van der Waals surface area contributed by atoms with Crippen molar-refractivity contribution in [2.45, 2.75) is 96.8 Å². The number of hydrogen-bond acceptors (Lipinski definition) is 3. The van der Waals surface area contributed by atoms with Crippen LogP contribution in [0.1, 0.15) is 103 Å². The molecule has 9 aromatic carbocycles. The van der Waals surface area contributed by atoms with Crippen molar-refractivity contribution in [3.8, 4) is 39.1 Å². The number of para-hydroxylation sites is 1. The van der Waals surface area contributed by atoms with Gasteiger partial charge in [0.15, 0.2) is 0 Å². The predicted octanol–water partition coefficient (Wildman–Crippen LogP) is 17.9. The Balaban J connectivity index is 1.11. The van der Waals surface area contributed by atoms with E-state index in [4.69, 9.17) is 4.42 Å². The van der Waals surface area contributed by atoms with Crippen LogP contribution < -0.4 is 15.7 Å². The molecule has 0 unspecified atom stereocenters. The summed E-state index contributed by atoms with van der Waals surface area (Å²) in [5, 5.41) is 7.55. The molecule has 0 radical (unpaired) electrons. The molecule has 0 N–H and O–H groups in total. The maximum atomic E-state index is 7.49. The number of thiophene rings is 1. The van der Waals surface area contributed by atoms with E-state index in [9.17, 15) is 0 Å². The minimum Gasteiger partial charge on any atom is -0.455 e. The zero-order valence-electron chi connectivity index (χ0n) is 43.7. The van der Waals surface area contributed by atoms with Crippen LogP contribution in [0.3, 0.4) is 0 Å². The summed E-state index contributed by atoms with van der Waals surface area (Å²) in [7, 11) is 0. The second kappa shape index (κ2) is 14.1. The molecule has 3 nitrogen and oxygen atoms in total. The van der Waals surface area contributed by atoms with Crippen molar-refractivity contribution >= 4 is 104 Å². The third kappa shape index (κ3) is 5.48. The minimum absolute atomic E-state index is 0.0492. The average Bonchev–Trinajstić information content (AvgIpc) is 4.21. The molecule has 5 heteroatoms. The van der Waals surface area contributed by atoms with E-state index in [1.54, 1.807) is 0 Å². The molecule has 5 heterocycles. The maximum Gasteiger partial charge on any atom is 0.333 e. The van der Waals surface area contributed by atoms with Gasteiger partial charge in [-0.05, 0) is 151 Å². The van der Waals surface area contributed by atoms with Crippen LogP contribution >= 0.6 is 11.3 Å². The van der Waals surface area contributed by atoms with Crippen LogP contribution in [0.25, 0.3) is 103 Å². The zero-order chi connectivity index (χ0) is 50.1. The fraction of sp³-hybridized carbons (Fsp3) is 0.217. The lowest BCUT2D eigenvalue weighted by Gasteiger charge is -2.42. The van der Waals surface area contributed by atoms with E-state index in [2.05, 4.69) is 229 Å². The molecule has 2 aliphatic carbocycles. The molecule has 0 spiro atoms. The SMILES string of the molecule is CC(C)(C)c1ccc2c(c1)c1c3c(oc4ccccc43)c3c4c1n2-c1cc2sc5ccccc5c2cc1B4N(c1cccc(-c2ccccc2)c1)c1cc2c(cc1-3)-c1cc3c(cc1C2(C)C)C(C)(C)CCC3(C)C. The molecule has 4 aliphatic rings. The van der Waals surface area contributed by atoms with E-state index < -0.39 is 0 Å². The maximum absolute atomic E-state index is 7.49. The first-order chi connectivity index (χ1) is 35.6. The molecule has 74 heavy (non-hydrogen) atoms. The van der Waals surface area contributed by atoms with Gasteiger partial charge in [-0.15, -0.1) is 11.3 Å². The monoisotopic (exact) mass is 972 g/mol. The lowest BCUT2D eigenvalue weighted by atomic mass is 9.43. The summed E-state index contributed by atoms with van der Waals surface area (Å²) in [5.41, 5.74) is 25.3. The van der Waals surface area contributed by atoms with Gasteiger partial charge in [-0.2, -0.15) is 0 Å². The number of benzene rings is 9. The summed E-state index contributed by atoms with van der Waals surface area (Å²) >= 11 is 1.91. The van der Waals surface area contributed by atoms with Gasteiger partial charge in [-0.1, -0.05) is 159 Å². The van der Waals surface area contributed by atoms with E-state index in [0.29, 0.717) is 0 Å². The van der Waals surface area contributed by atoms with E-state index >= 15 is 0 Å². The normalized spacial score (nSPS) is 16.6. The highest BCUT2D eigenvalue weighted by atomic mass is 32.1. The van der Waals surface area contributed by atoms with Gasteiger partial charge in [-0.25, -0.2) is 0 Å². The molecule has 2 aliphatic heterocycles. The Bertz CT molecular complexity index is 4510. The van der Waals surface area contributed by atoms with Gasteiger partial charge in [0, 0.05) is 75.3 Å². The van der Waals surface area contributed by atoms with E-state index in [0.717, 1.165) is 16.6 Å². The first-order valence-electron chi connectivity index (χ1n) is 26.8. The summed E-state index contributed by atoms with van der Waals surface area (Å²) in [6.07, 6.45) is 2.37. The van der Waals surface area contributed by atoms with Crippen LogP contribution in [0.5, 0.6) is 0 Å². The van der Waals surface area contributed by atoms with E-state index in [1.807, 2.05) is 11.3 Å². The molecule has 12 aromatic rings. The molecule has 358 valence electrons. The van der Waals surface area contributed by atoms with Gasteiger partial charge in [0.25, 0.3) is 0 Å². The number of fused-ring (bicyclic) bond motifs is 20. The van der Waals surface area contributed by atoms with Crippen molar-refractivity contribution in [2.75, 3.05) is 4.81 Å². The molecule has 0 saturated carbocycles. The van der Waals surface area contributed by atoms with Crippen molar-refractivity contribution < 1.29 is 4.42 Å². The fourth-order valence-electron chi connectivity index (χ4n) is 14.5. The summed E-state index contributed by atoms with van der Waals surface area (Å²) in [6, 6.07) is 61.0. The Kier molecular flexibility index (Phi) is 8.20. The highest BCUT2D eigenvalue weighted by molar-refractivity contribution is 7.26. The lowest BCUT2D eigenvalue weighted by molar-refractivity contribution is 0.331. The van der Waals surface area contributed by atoms with Gasteiger partial charge in [0.2, 0.25) is 0 Å². The molecular weight excluding hydrogens is 916 g/mol. The van der Waals surface area contributed by atoms with Crippen molar-refractivity contribution in [1.82, 2.24) is 4.57 Å². The van der Waals surface area contributed by atoms with E-state index in [1.165, 1.54) is 149 Å². The topological polar surface area (TPSA) is 21.3 Å². The molecule has 0 fully saturated rings. The molecule has 0 amide bonds. The third-order valence-electron chi connectivity index (χ3n) is 18.5. The third-order valence-corrected chi connectivity index (χ3v) is 19.7. The summed E-state index contributed by atoms with van der Waals surface area (Å²) in [4.78, 5) is 2.75. The van der Waals surface area contributed by atoms with Crippen LogP contribution in [-0.2, 0) is 21.7 Å². The molecule has 0 bridgehead atoms. The highest BCUT2D eigenvalue weighted by Gasteiger charge is 2.49. The Morgan fingerprint density at radius 3 is 2.04 bits per heavy atom. The fourth-order valence-corrected chi connectivity index (χ4v) is 15.6. The van der Waals surface area contributed by atoms with Gasteiger partial charge < -0.3 is 13.8 Å². The zero-order valence-corrected chi connectivity index (χ0v) is 44.5.